The first-order valence-corrected chi connectivity index (χ1v) is 11.7. The molecule has 1 heterocycles. The molecule has 31 heavy (non-hydrogen) atoms. The number of benzene rings is 2. The van der Waals surface area contributed by atoms with Gasteiger partial charge in [0.15, 0.2) is 0 Å². The van der Waals surface area contributed by atoms with Gasteiger partial charge in [-0.3, -0.25) is 4.79 Å². The van der Waals surface area contributed by atoms with Crippen LogP contribution in [0.1, 0.15) is 29.7 Å². The third-order valence-corrected chi connectivity index (χ3v) is 7.56. The summed E-state index contributed by atoms with van der Waals surface area (Å²) in [5.74, 6) is 0.149. The second kappa shape index (κ2) is 8.69. The zero-order chi connectivity index (χ0) is 21.9. The van der Waals surface area contributed by atoms with Gasteiger partial charge in [-0.05, 0) is 49.6 Å². The summed E-state index contributed by atoms with van der Waals surface area (Å²) in [7, 11) is -3.87. The van der Waals surface area contributed by atoms with E-state index in [4.69, 9.17) is 4.42 Å². The van der Waals surface area contributed by atoms with Crippen LogP contribution in [0.15, 0.2) is 82.3 Å². The van der Waals surface area contributed by atoms with Crippen LogP contribution in [0.4, 0.5) is 0 Å². The van der Waals surface area contributed by atoms with Crippen molar-refractivity contribution in [3.63, 3.8) is 0 Å². The number of hydrogen-bond donors (Lipinski definition) is 1. The van der Waals surface area contributed by atoms with Crippen LogP contribution < -0.4 is 5.32 Å². The van der Waals surface area contributed by atoms with Gasteiger partial charge in [-0.25, -0.2) is 8.42 Å². The summed E-state index contributed by atoms with van der Waals surface area (Å²) in [6.45, 7) is 2.10. The summed E-state index contributed by atoms with van der Waals surface area (Å²) in [5, 5.41) is 2.95. The molecule has 4 rings (SSSR count). The third kappa shape index (κ3) is 4.89. The highest BCUT2D eigenvalue weighted by atomic mass is 32.2. The number of carbonyl (C=O) groups excluding carboxylic acids is 1. The lowest BCUT2D eigenvalue weighted by Gasteiger charge is -2.22. The van der Waals surface area contributed by atoms with Gasteiger partial charge in [-0.2, -0.15) is 4.31 Å². The van der Waals surface area contributed by atoms with Gasteiger partial charge < -0.3 is 9.73 Å². The number of carbonyl (C=O) groups is 1. The first-order valence-electron chi connectivity index (χ1n) is 10.3. The van der Waals surface area contributed by atoms with E-state index in [1.807, 2.05) is 25.1 Å². The zero-order valence-electron chi connectivity index (χ0n) is 17.5. The highest BCUT2D eigenvalue weighted by molar-refractivity contribution is 7.89. The number of hydrogen-bond acceptors (Lipinski definition) is 4. The highest BCUT2D eigenvalue weighted by Gasteiger charge is 2.44. The number of aryl methyl sites for hydroxylation is 1. The van der Waals surface area contributed by atoms with Crippen LogP contribution in [0.2, 0.25) is 0 Å². The molecule has 0 bridgehead atoms. The Kier molecular flexibility index (Phi) is 5.98. The van der Waals surface area contributed by atoms with Crippen molar-refractivity contribution in [1.29, 1.82) is 0 Å². The average molecular weight is 439 g/mol. The Morgan fingerprint density at radius 1 is 1.03 bits per heavy atom. The van der Waals surface area contributed by atoms with Crippen LogP contribution in [0, 0.1) is 6.92 Å². The number of furan rings is 1. The fraction of sp³-hybridized carbons (Fsp3) is 0.292. The summed E-state index contributed by atoms with van der Waals surface area (Å²) in [6, 6.07) is 20.1. The van der Waals surface area contributed by atoms with E-state index in [2.05, 4.69) is 17.4 Å². The normalized spacial score (nSPS) is 15.0. The van der Waals surface area contributed by atoms with Crippen molar-refractivity contribution in [3.8, 4) is 0 Å². The molecule has 1 amide bonds. The first kappa shape index (κ1) is 21.3. The summed E-state index contributed by atoms with van der Waals surface area (Å²) < 4.78 is 33.0. The first-order chi connectivity index (χ1) is 14.9. The Balaban J connectivity index is 1.48. The summed E-state index contributed by atoms with van der Waals surface area (Å²) in [4.78, 5) is 12.9. The second-order valence-electron chi connectivity index (χ2n) is 8.09. The minimum atomic E-state index is -3.87. The lowest BCUT2D eigenvalue weighted by molar-refractivity contribution is -0.121. The minimum absolute atomic E-state index is 0.0134. The Morgan fingerprint density at radius 2 is 1.74 bits per heavy atom. The number of nitrogens with zero attached hydrogens (tertiary/aromatic N) is 1. The summed E-state index contributed by atoms with van der Waals surface area (Å²) in [6.07, 6.45) is 3.51. The lowest BCUT2D eigenvalue weighted by Crippen LogP contribution is -2.42. The molecule has 0 spiro atoms. The Labute approximate surface area is 182 Å². The van der Waals surface area contributed by atoms with Crippen molar-refractivity contribution >= 4 is 15.9 Å². The van der Waals surface area contributed by atoms with E-state index in [-0.39, 0.29) is 29.3 Å². The summed E-state index contributed by atoms with van der Waals surface area (Å²) >= 11 is 0. The van der Waals surface area contributed by atoms with Gasteiger partial charge in [-0.1, -0.05) is 48.0 Å². The molecular formula is C24H26N2O4S. The molecular weight excluding hydrogens is 412 g/mol. The molecule has 1 aliphatic carbocycles. The maximum Gasteiger partial charge on any atom is 0.243 e. The van der Waals surface area contributed by atoms with Crippen molar-refractivity contribution in [2.45, 2.75) is 36.6 Å². The number of sulfonamides is 1. The van der Waals surface area contributed by atoms with E-state index in [1.165, 1.54) is 11.8 Å². The predicted octanol–water partition coefficient (Wildman–Crippen LogP) is 3.63. The molecule has 1 fully saturated rings. The maximum atomic E-state index is 13.2. The molecule has 1 saturated carbocycles. The molecule has 0 unspecified atom stereocenters. The van der Waals surface area contributed by atoms with Gasteiger partial charge in [0, 0.05) is 12.0 Å². The van der Waals surface area contributed by atoms with Crippen LogP contribution >= 0.6 is 0 Å². The third-order valence-electron chi connectivity index (χ3n) is 5.75. The Hall–Kier alpha value is -2.90. The van der Waals surface area contributed by atoms with E-state index in [9.17, 15) is 13.2 Å². The molecule has 3 aromatic rings. The molecule has 6 nitrogen and oxygen atoms in total. The van der Waals surface area contributed by atoms with E-state index in [0.29, 0.717) is 12.3 Å². The molecule has 0 aliphatic heterocycles. The van der Waals surface area contributed by atoms with Gasteiger partial charge in [-0.15, -0.1) is 0 Å². The van der Waals surface area contributed by atoms with Gasteiger partial charge in [0.25, 0.3) is 0 Å². The van der Waals surface area contributed by atoms with Crippen molar-refractivity contribution in [1.82, 2.24) is 9.62 Å². The highest BCUT2D eigenvalue weighted by Crippen LogP contribution is 2.47. The largest absolute Gasteiger partial charge is 0.468 e. The molecule has 0 saturated heterocycles. The zero-order valence-corrected chi connectivity index (χ0v) is 18.3. The molecule has 1 aliphatic rings. The van der Waals surface area contributed by atoms with E-state index >= 15 is 0 Å². The van der Waals surface area contributed by atoms with Crippen molar-refractivity contribution in [2.24, 2.45) is 0 Å². The van der Waals surface area contributed by atoms with Crippen LogP contribution in [-0.4, -0.2) is 31.7 Å². The van der Waals surface area contributed by atoms with Crippen molar-refractivity contribution < 1.29 is 17.6 Å². The summed E-state index contributed by atoms with van der Waals surface area (Å²) in [5.41, 5.74) is 2.12. The topological polar surface area (TPSA) is 79.6 Å². The standard InChI is InChI=1S/C24H26N2O4S/c1-19-9-11-22(12-10-19)31(28,29)26(16-21-8-5-15-30-21)17-23(27)25-18-24(13-14-24)20-6-3-2-4-7-20/h2-12,15H,13-14,16-18H2,1H3,(H,25,27). The van der Waals surface area contributed by atoms with E-state index in [1.54, 1.807) is 36.4 Å². The predicted molar refractivity (Wildman–Crippen MR) is 118 cm³/mol. The van der Waals surface area contributed by atoms with Crippen LogP contribution in [-0.2, 0) is 26.8 Å². The molecule has 1 aromatic heterocycles. The molecule has 0 atom stereocenters. The minimum Gasteiger partial charge on any atom is -0.468 e. The van der Waals surface area contributed by atoms with Gasteiger partial charge in [0.2, 0.25) is 15.9 Å². The van der Waals surface area contributed by atoms with Crippen molar-refractivity contribution in [2.75, 3.05) is 13.1 Å². The number of nitrogens with one attached hydrogen (secondary N) is 1. The van der Waals surface area contributed by atoms with Gasteiger partial charge in [0.05, 0.1) is 24.2 Å². The molecule has 1 N–H and O–H groups in total. The number of rotatable bonds is 9. The quantitative estimate of drug-likeness (QED) is 0.553. The van der Waals surface area contributed by atoms with Crippen LogP contribution in [0.25, 0.3) is 0 Å². The van der Waals surface area contributed by atoms with Crippen LogP contribution in [0.5, 0.6) is 0 Å². The molecule has 2 aromatic carbocycles. The molecule has 162 valence electrons. The Morgan fingerprint density at radius 3 is 2.35 bits per heavy atom. The second-order valence-corrected chi connectivity index (χ2v) is 10.0. The smallest absolute Gasteiger partial charge is 0.243 e. The average Bonchev–Trinajstić information content (AvgIpc) is 3.40. The Bertz CT molecular complexity index is 1120. The van der Waals surface area contributed by atoms with Gasteiger partial charge >= 0.3 is 0 Å². The van der Waals surface area contributed by atoms with Gasteiger partial charge in [0.1, 0.15) is 5.76 Å². The van der Waals surface area contributed by atoms with Crippen LogP contribution in [0.3, 0.4) is 0 Å². The molecule has 7 heteroatoms. The maximum absolute atomic E-state index is 13.2. The lowest BCUT2D eigenvalue weighted by atomic mass is 9.96. The molecule has 0 radical (unpaired) electrons. The fourth-order valence-electron chi connectivity index (χ4n) is 3.66. The monoisotopic (exact) mass is 438 g/mol. The fourth-order valence-corrected chi connectivity index (χ4v) is 5.02. The SMILES string of the molecule is Cc1ccc(S(=O)(=O)N(CC(=O)NCC2(c3ccccc3)CC2)Cc2ccco2)cc1. The number of amides is 1. The van der Waals surface area contributed by atoms with E-state index in [0.717, 1.165) is 22.7 Å². The van der Waals surface area contributed by atoms with E-state index < -0.39 is 10.0 Å². The van der Waals surface area contributed by atoms with Crippen molar-refractivity contribution in [3.05, 3.63) is 89.9 Å².